The highest BCUT2D eigenvalue weighted by Crippen LogP contribution is 2.42. The number of nitrogens with zero attached hydrogens (tertiary/aromatic N) is 3. The quantitative estimate of drug-likeness (QED) is 0.428. The smallest absolute Gasteiger partial charge is 0.297 e. The molecule has 3 heterocycles. The Morgan fingerprint density at radius 1 is 1.03 bits per heavy atom. The van der Waals surface area contributed by atoms with Crippen molar-refractivity contribution < 1.29 is 9.21 Å². The van der Waals surface area contributed by atoms with E-state index >= 15 is 0 Å². The summed E-state index contributed by atoms with van der Waals surface area (Å²) in [6, 6.07) is 10.9. The molecule has 7 heteroatoms. The van der Waals surface area contributed by atoms with Crippen LogP contribution in [0.25, 0.3) is 11.0 Å². The number of rotatable bonds is 4. The van der Waals surface area contributed by atoms with Crippen LogP contribution in [0.2, 0.25) is 0 Å². The molecule has 2 aromatic carbocycles. The fourth-order valence-electron chi connectivity index (χ4n) is 4.15. The topological polar surface area (TPSA) is 76.3 Å². The second kappa shape index (κ2) is 7.67. The number of anilines is 1. The lowest BCUT2D eigenvalue weighted by Crippen LogP contribution is -2.29. The van der Waals surface area contributed by atoms with Crippen LogP contribution in [0.5, 0.6) is 0 Å². The van der Waals surface area contributed by atoms with E-state index in [2.05, 4.69) is 17.1 Å². The molecule has 32 heavy (non-hydrogen) atoms. The summed E-state index contributed by atoms with van der Waals surface area (Å²) in [5, 5.41) is 10.4. The van der Waals surface area contributed by atoms with Crippen LogP contribution in [0.1, 0.15) is 62.8 Å². The molecule has 0 aliphatic carbocycles. The molecule has 1 amide bonds. The SMILES string of the molecule is CCCc1nnc(N2C(=O)c3oc4cc(C)c(C)cc4c(=O)c3C2c2ccc(C)cc2)s1. The highest BCUT2D eigenvalue weighted by Gasteiger charge is 2.45. The van der Waals surface area contributed by atoms with Crippen LogP contribution in [-0.4, -0.2) is 16.1 Å². The number of aromatic nitrogens is 2. The van der Waals surface area contributed by atoms with Crippen molar-refractivity contribution in [2.75, 3.05) is 4.90 Å². The Balaban J connectivity index is 1.77. The van der Waals surface area contributed by atoms with Crippen LogP contribution < -0.4 is 10.3 Å². The van der Waals surface area contributed by atoms with Crippen molar-refractivity contribution in [2.45, 2.75) is 46.6 Å². The van der Waals surface area contributed by atoms with E-state index in [1.807, 2.05) is 57.2 Å². The van der Waals surface area contributed by atoms with Crippen LogP contribution in [0, 0.1) is 20.8 Å². The monoisotopic (exact) mass is 445 g/mol. The van der Waals surface area contributed by atoms with Crippen molar-refractivity contribution in [3.8, 4) is 0 Å². The molecule has 6 nitrogen and oxygen atoms in total. The molecule has 0 bridgehead atoms. The molecule has 4 aromatic rings. The summed E-state index contributed by atoms with van der Waals surface area (Å²) in [6.45, 7) is 8.00. The largest absolute Gasteiger partial charge is 0.450 e. The van der Waals surface area contributed by atoms with Gasteiger partial charge in [-0.3, -0.25) is 14.5 Å². The molecule has 162 valence electrons. The molecular weight excluding hydrogens is 422 g/mol. The molecule has 0 N–H and O–H groups in total. The Morgan fingerprint density at radius 3 is 2.47 bits per heavy atom. The molecule has 1 atom stereocenters. The van der Waals surface area contributed by atoms with Crippen molar-refractivity contribution in [1.82, 2.24) is 10.2 Å². The van der Waals surface area contributed by atoms with E-state index in [0.29, 0.717) is 21.7 Å². The lowest BCUT2D eigenvalue weighted by Gasteiger charge is -2.22. The predicted octanol–water partition coefficient (Wildman–Crippen LogP) is 5.27. The van der Waals surface area contributed by atoms with Gasteiger partial charge in [-0.05, 0) is 56.0 Å². The molecular formula is C25H23N3O3S. The summed E-state index contributed by atoms with van der Waals surface area (Å²) in [5.41, 5.74) is 4.56. The van der Waals surface area contributed by atoms with Gasteiger partial charge >= 0.3 is 0 Å². The highest BCUT2D eigenvalue weighted by molar-refractivity contribution is 7.15. The summed E-state index contributed by atoms with van der Waals surface area (Å²) in [5.74, 6) is -0.273. The normalized spacial score (nSPS) is 15.6. The molecule has 0 fully saturated rings. The maximum Gasteiger partial charge on any atom is 0.297 e. The van der Waals surface area contributed by atoms with Crippen molar-refractivity contribution in [1.29, 1.82) is 0 Å². The average molecular weight is 446 g/mol. The summed E-state index contributed by atoms with van der Waals surface area (Å²) in [7, 11) is 0. The number of carbonyl (C=O) groups excluding carboxylic acids is 1. The molecule has 5 rings (SSSR count). The molecule has 1 aliphatic rings. The summed E-state index contributed by atoms with van der Waals surface area (Å²) < 4.78 is 6.08. The minimum absolute atomic E-state index is 0.0866. The van der Waals surface area contributed by atoms with E-state index in [0.717, 1.165) is 40.1 Å². The first-order valence-corrected chi connectivity index (χ1v) is 11.5. The first-order valence-electron chi connectivity index (χ1n) is 10.7. The van der Waals surface area contributed by atoms with E-state index in [4.69, 9.17) is 4.42 Å². The maximum atomic E-state index is 13.7. The minimum atomic E-state index is -0.609. The number of hydrogen-bond donors (Lipinski definition) is 0. The van der Waals surface area contributed by atoms with Crippen LogP contribution in [0.3, 0.4) is 0 Å². The van der Waals surface area contributed by atoms with Crippen molar-refractivity contribution in [3.63, 3.8) is 0 Å². The lowest BCUT2D eigenvalue weighted by atomic mass is 9.97. The van der Waals surface area contributed by atoms with E-state index in [-0.39, 0.29) is 17.1 Å². The summed E-state index contributed by atoms with van der Waals surface area (Å²) >= 11 is 1.38. The fourth-order valence-corrected chi connectivity index (χ4v) is 5.11. The zero-order chi connectivity index (χ0) is 22.6. The van der Waals surface area contributed by atoms with Gasteiger partial charge in [0.2, 0.25) is 10.9 Å². The molecule has 0 saturated heterocycles. The zero-order valence-electron chi connectivity index (χ0n) is 18.4. The van der Waals surface area contributed by atoms with E-state index in [1.54, 1.807) is 4.90 Å². The molecule has 0 spiro atoms. The Morgan fingerprint density at radius 2 is 1.75 bits per heavy atom. The Hall–Kier alpha value is -3.32. The Kier molecular flexibility index (Phi) is 4.93. The highest BCUT2D eigenvalue weighted by atomic mass is 32.1. The number of fused-ring (bicyclic) bond motifs is 2. The summed E-state index contributed by atoms with van der Waals surface area (Å²) in [4.78, 5) is 28.9. The first-order chi connectivity index (χ1) is 15.4. The van der Waals surface area contributed by atoms with Crippen molar-refractivity contribution >= 4 is 33.3 Å². The van der Waals surface area contributed by atoms with Gasteiger partial charge < -0.3 is 4.42 Å². The number of benzene rings is 2. The molecule has 2 aromatic heterocycles. The standard InChI is InChI=1S/C25H23N3O3S/c1-5-6-19-26-27-25(32-19)28-21(16-9-7-13(2)8-10-16)20-22(29)17-11-14(3)15(4)12-18(17)31-23(20)24(28)30/h7-12,21H,5-6H2,1-4H3. The number of amides is 1. The van der Waals surface area contributed by atoms with Gasteiger partial charge in [-0.2, -0.15) is 0 Å². The van der Waals surface area contributed by atoms with Crippen LogP contribution in [0.4, 0.5) is 5.13 Å². The van der Waals surface area contributed by atoms with Gasteiger partial charge in [0.15, 0.2) is 5.43 Å². The van der Waals surface area contributed by atoms with E-state index in [9.17, 15) is 9.59 Å². The van der Waals surface area contributed by atoms with Gasteiger partial charge in [-0.1, -0.05) is 48.1 Å². The Bertz CT molecular complexity index is 1420. The molecule has 1 aliphatic heterocycles. The second-order valence-electron chi connectivity index (χ2n) is 8.32. The van der Waals surface area contributed by atoms with Crippen LogP contribution in [-0.2, 0) is 6.42 Å². The van der Waals surface area contributed by atoms with Gasteiger partial charge in [0, 0.05) is 6.42 Å². The van der Waals surface area contributed by atoms with Gasteiger partial charge in [-0.25, -0.2) is 0 Å². The number of carbonyl (C=O) groups is 1. The lowest BCUT2D eigenvalue weighted by molar-refractivity contribution is 0.0970. The van der Waals surface area contributed by atoms with Crippen LogP contribution >= 0.6 is 11.3 Å². The maximum absolute atomic E-state index is 13.7. The molecule has 0 radical (unpaired) electrons. The third-order valence-corrected chi connectivity index (χ3v) is 6.99. The molecule has 1 unspecified atom stereocenters. The minimum Gasteiger partial charge on any atom is -0.450 e. The average Bonchev–Trinajstić information content (AvgIpc) is 3.33. The van der Waals surface area contributed by atoms with Crippen molar-refractivity contribution in [2.24, 2.45) is 0 Å². The van der Waals surface area contributed by atoms with Gasteiger partial charge in [0.05, 0.1) is 17.0 Å². The fraction of sp³-hybridized carbons (Fsp3) is 0.280. The predicted molar refractivity (Wildman–Crippen MR) is 126 cm³/mol. The number of hydrogen-bond acceptors (Lipinski definition) is 6. The van der Waals surface area contributed by atoms with Gasteiger partial charge in [-0.15, -0.1) is 10.2 Å². The third-order valence-electron chi connectivity index (χ3n) is 6.01. The summed E-state index contributed by atoms with van der Waals surface area (Å²) in [6.07, 6.45) is 1.73. The number of aryl methyl sites for hydroxylation is 4. The van der Waals surface area contributed by atoms with Crippen molar-refractivity contribution in [3.05, 3.63) is 85.2 Å². The first kappa shape index (κ1) is 20.6. The third kappa shape index (κ3) is 3.15. The van der Waals surface area contributed by atoms with E-state index in [1.165, 1.54) is 11.3 Å². The van der Waals surface area contributed by atoms with Gasteiger partial charge in [0.1, 0.15) is 10.6 Å². The second-order valence-corrected chi connectivity index (χ2v) is 9.36. The molecule has 0 saturated carbocycles. The van der Waals surface area contributed by atoms with E-state index < -0.39 is 6.04 Å². The Labute approximate surface area is 189 Å². The van der Waals surface area contributed by atoms with Crippen LogP contribution in [0.15, 0.2) is 45.6 Å². The van der Waals surface area contributed by atoms with Gasteiger partial charge in [0.25, 0.3) is 5.91 Å². The zero-order valence-corrected chi connectivity index (χ0v) is 19.2.